The molecule has 0 aliphatic carbocycles. The van der Waals surface area contributed by atoms with E-state index in [9.17, 15) is 0 Å². The number of hydrogen-bond donors (Lipinski definition) is 1. The Hall–Kier alpha value is -1.71. The fourth-order valence-corrected chi connectivity index (χ4v) is 2.77. The number of pyridine rings is 1. The zero-order valence-corrected chi connectivity index (χ0v) is 12.5. The van der Waals surface area contributed by atoms with Crippen molar-refractivity contribution < 1.29 is 0 Å². The molecule has 100 valence electrons. The summed E-state index contributed by atoms with van der Waals surface area (Å²) in [4.78, 5) is 4.47. The Morgan fingerprint density at radius 2 is 1.90 bits per heavy atom. The number of para-hydroxylation sites is 1. The number of fused-ring (bicyclic) bond motifs is 1. The summed E-state index contributed by atoms with van der Waals surface area (Å²) in [5, 5.41) is 1.13. The second kappa shape index (κ2) is 5.73. The van der Waals surface area contributed by atoms with E-state index in [2.05, 4.69) is 45.2 Å². The Kier molecular flexibility index (Phi) is 3.81. The van der Waals surface area contributed by atoms with Gasteiger partial charge < -0.3 is 5.73 Å². The van der Waals surface area contributed by atoms with E-state index < -0.39 is 0 Å². The molecular formula is C17H15BrN2. The van der Waals surface area contributed by atoms with Gasteiger partial charge in [0.25, 0.3) is 0 Å². The quantitative estimate of drug-likeness (QED) is 0.781. The van der Waals surface area contributed by atoms with Crippen molar-refractivity contribution in [1.29, 1.82) is 0 Å². The largest absolute Gasteiger partial charge is 0.324 e. The molecule has 3 rings (SSSR count). The lowest BCUT2D eigenvalue weighted by atomic mass is 10.00. The molecule has 1 aromatic heterocycles. The molecule has 0 saturated heterocycles. The zero-order valence-electron chi connectivity index (χ0n) is 11.0. The van der Waals surface area contributed by atoms with Crippen LogP contribution in [0.5, 0.6) is 0 Å². The van der Waals surface area contributed by atoms with E-state index in [4.69, 9.17) is 5.73 Å². The molecule has 0 bridgehead atoms. The van der Waals surface area contributed by atoms with Crippen LogP contribution in [0.3, 0.4) is 0 Å². The van der Waals surface area contributed by atoms with Crippen LogP contribution < -0.4 is 5.73 Å². The monoisotopic (exact) mass is 326 g/mol. The van der Waals surface area contributed by atoms with E-state index in [0.717, 1.165) is 27.4 Å². The molecule has 2 nitrogen and oxygen atoms in total. The van der Waals surface area contributed by atoms with E-state index in [-0.39, 0.29) is 6.04 Å². The fourth-order valence-electron chi connectivity index (χ4n) is 2.33. The highest BCUT2D eigenvalue weighted by Gasteiger charge is 2.08. The Morgan fingerprint density at radius 1 is 1.05 bits per heavy atom. The van der Waals surface area contributed by atoms with E-state index in [1.807, 2.05) is 36.5 Å². The molecule has 0 amide bonds. The molecule has 2 N–H and O–H groups in total. The first-order chi connectivity index (χ1) is 9.72. The summed E-state index contributed by atoms with van der Waals surface area (Å²) in [6.45, 7) is 0. The third-order valence-corrected chi connectivity index (χ3v) is 3.88. The van der Waals surface area contributed by atoms with Gasteiger partial charge in [-0.3, -0.25) is 4.98 Å². The summed E-state index contributed by atoms with van der Waals surface area (Å²) < 4.78 is 1.08. The Balaban J connectivity index is 1.86. The highest BCUT2D eigenvalue weighted by molar-refractivity contribution is 9.10. The van der Waals surface area contributed by atoms with Gasteiger partial charge in [-0.15, -0.1) is 0 Å². The van der Waals surface area contributed by atoms with E-state index in [1.54, 1.807) is 0 Å². The third-order valence-electron chi connectivity index (χ3n) is 3.38. The standard InChI is InChI=1S/C17H15BrN2/c18-15-6-3-4-12(8-15)9-16(19)14-10-13-5-1-2-7-17(13)20-11-14/h1-8,10-11,16H,9,19H2. The summed E-state index contributed by atoms with van der Waals surface area (Å²) in [6, 6.07) is 18.4. The second-order valence-electron chi connectivity index (χ2n) is 4.90. The Morgan fingerprint density at radius 3 is 2.75 bits per heavy atom. The number of nitrogens with zero attached hydrogens (tertiary/aromatic N) is 1. The SMILES string of the molecule is NC(Cc1cccc(Br)c1)c1cnc2ccccc2c1. The topological polar surface area (TPSA) is 38.9 Å². The lowest BCUT2D eigenvalue weighted by Crippen LogP contribution is -2.13. The second-order valence-corrected chi connectivity index (χ2v) is 5.82. The highest BCUT2D eigenvalue weighted by atomic mass is 79.9. The molecule has 1 atom stereocenters. The summed E-state index contributed by atoms with van der Waals surface area (Å²) >= 11 is 3.49. The van der Waals surface area contributed by atoms with E-state index in [0.29, 0.717) is 0 Å². The average molecular weight is 327 g/mol. The normalized spacial score (nSPS) is 12.5. The van der Waals surface area contributed by atoms with Crippen molar-refractivity contribution in [2.75, 3.05) is 0 Å². The van der Waals surface area contributed by atoms with Gasteiger partial charge in [-0.1, -0.05) is 46.3 Å². The summed E-state index contributed by atoms with van der Waals surface area (Å²) in [6.07, 6.45) is 2.68. The predicted molar refractivity (Wildman–Crippen MR) is 86.5 cm³/mol. The fraction of sp³-hybridized carbons (Fsp3) is 0.118. The minimum Gasteiger partial charge on any atom is -0.324 e. The summed E-state index contributed by atoms with van der Waals surface area (Å²) in [5.41, 5.74) is 9.61. The van der Waals surface area contributed by atoms with Gasteiger partial charge in [-0.2, -0.15) is 0 Å². The van der Waals surface area contributed by atoms with Crippen LogP contribution in [0.1, 0.15) is 17.2 Å². The first-order valence-corrected chi connectivity index (χ1v) is 7.36. The number of rotatable bonds is 3. The van der Waals surface area contributed by atoms with Crippen LogP contribution >= 0.6 is 15.9 Å². The molecule has 0 aliphatic rings. The zero-order chi connectivity index (χ0) is 13.9. The van der Waals surface area contributed by atoms with E-state index >= 15 is 0 Å². The van der Waals surface area contributed by atoms with Crippen LogP contribution in [0.4, 0.5) is 0 Å². The lowest BCUT2D eigenvalue weighted by Gasteiger charge is -2.13. The van der Waals surface area contributed by atoms with Crippen molar-refractivity contribution in [3.8, 4) is 0 Å². The third kappa shape index (κ3) is 2.89. The van der Waals surface area contributed by atoms with Crippen LogP contribution in [0.15, 0.2) is 65.3 Å². The minimum absolute atomic E-state index is 0.0404. The van der Waals surface area contributed by atoms with Gasteiger partial charge in [-0.05, 0) is 41.8 Å². The minimum atomic E-state index is -0.0404. The molecule has 0 saturated carbocycles. The molecule has 0 spiro atoms. The smallest absolute Gasteiger partial charge is 0.0702 e. The number of nitrogens with two attached hydrogens (primary N) is 1. The van der Waals surface area contributed by atoms with Crippen molar-refractivity contribution in [2.24, 2.45) is 5.73 Å². The maximum atomic E-state index is 6.31. The number of hydrogen-bond acceptors (Lipinski definition) is 2. The molecule has 2 aromatic carbocycles. The van der Waals surface area contributed by atoms with Crippen molar-refractivity contribution in [3.63, 3.8) is 0 Å². The van der Waals surface area contributed by atoms with E-state index in [1.165, 1.54) is 5.56 Å². The molecule has 0 aliphatic heterocycles. The molecular weight excluding hydrogens is 312 g/mol. The van der Waals surface area contributed by atoms with Gasteiger partial charge in [-0.25, -0.2) is 0 Å². The molecule has 20 heavy (non-hydrogen) atoms. The predicted octanol–water partition coefficient (Wildman–Crippen LogP) is 4.24. The molecule has 0 radical (unpaired) electrons. The molecule has 1 heterocycles. The van der Waals surface area contributed by atoms with Gasteiger partial charge in [0.2, 0.25) is 0 Å². The van der Waals surface area contributed by atoms with Crippen LogP contribution in [0.2, 0.25) is 0 Å². The maximum absolute atomic E-state index is 6.31. The Bertz CT molecular complexity index is 740. The van der Waals surface area contributed by atoms with Gasteiger partial charge >= 0.3 is 0 Å². The van der Waals surface area contributed by atoms with Crippen LogP contribution in [0, 0.1) is 0 Å². The maximum Gasteiger partial charge on any atom is 0.0702 e. The van der Waals surface area contributed by atoms with Crippen LogP contribution in [0.25, 0.3) is 10.9 Å². The molecule has 0 fully saturated rings. The van der Waals surface area contributed by atoms with Crippen molar-refractivity contribution >= 4 is 26.8 Å². The Labute approximate surface area is 126 Å². The molecule has 3 aromatic rings. The average Bonchev–Trinajstić information content (AvgIpc) is 2.47. The van der Waals surface area contributed by atoms with Gasteiger partial charge in [0, 0.05) is 22.1 Å². The summed E-state index contributed by atoms with van der Waals surface area (Å²) in [5.74, 6) is 0. The first-order valence-electron chi connectivity index (χ1n) is 6.57. The van der Waals surface area contributed by atoms with Gasteiger partial charge in [0.05, 0.1) is 5.52 Å². The van der Waals surface area contributed by atoms with Gasteiger partial charge in [0.15, 0.2) is 0 Å². The van der Waals surface area contributed by atoms with Crippen molar-refractivity contribution in [1.82, 2.24) is 4.98 Å². The summed E-state index contributed by atoms with van der Waals surface area (Å²) in [7, 11) is 0. The van der Waals surface area contributed by atoms with Crippen LogP contribution in [-0.4, -0.2) is 4.98 Å². The molecule has 1 unspecified atom stereocenters. The lowest BCUT2D eigenvalue weighted by molar-refractivity contribution is 0.719. The first kappa shape index (κ1) is 13.3. The van der Waals surface area contributed by atoms with Crippen molar-refractivity contribution in [3.05, 3.63) is 76.4 Å². The number of halogens is 1. The van der Waals surface area contributed by atoms with Crippen molar-refractivity contribution in [2.45, 2.75) is 12.5 Å². The van der Waals surface area contributed by atoms with Gasteiger partial charge in [0.1, 0.15) is 0 Å². The molecule has 3 heteroatoms. The van der Waals surface area contributed by atoms with Crippen LogP contribution in [-0.2, 0) is 6.42 Å². The number of benzene rings is 2. The number of aromatic nitrogens is 1. The highest BCUT2D eigenvalue weighted by Crippen LogP contribution is 2.21.